The molecule has 1 aliphatic heterocycles. The van der Waals surface area contributed by atoms with Crippen molar-refractivity contribution in [1.82, 2.24) is 14.3 Å². The van der Waals surface area contributed by atoms with E-state index in [1.54, 1.807) is 18.4 Å². The molecule has 1 fully saturated rings. The Balaban J connectivity index is 1.54. The molecule has 1 amide bonds. The highest BCUT2D eigenvalue weighted by Crippen LogP contribution is 2.26. The number of rotatable bonds is 4. The van der Waals surface area contributed by atoms with E-state index in [0.717, 1.165) is 40.8 Å². The van der Waals surface area contributed by atoms with Gasteiger partial charge in [-0.15, -0.1) is 11.3 Å². The minimum atomic E-state index is 0.216. The number of aromatic nitrogens is 2. The van der Waals surface area contributed by atoms with Crippen LogP contribution in [-0.2, 0) is 11.2 Å². The second kappa shape index (κ2) is 7.35. The largest absolute Gasteiger partial charge is 0.497 e. The molecule has 3 heterocycles. The van der Waals surface area contributed by atoms with Crippen LogP contribution in [0.15, 0.2) is 35.8 Å². The van der Waals surface area contributed by atoms with Crippen molar-refractivity contribution in [3.63, 3.8) is 0 Å². The van der Waals surface area contributed by atoms with Crippen LogP contribution in [-0.4, -0.2) is 40.4 Å². The van der Waals surface area contributed by atoms with Crippen molar-refractivity contribution in [2.45, 2.75) is 26.7 Å². The van der Waals surface area contributed by atoms with E-state index >= 15 is 0 Å². The smallest absolute Gasteiger partial charge is 0.228 e. The third-order valence-corrected chi connectivity index (χ3v) is 6.11. The predicted octanol–water partition coefficient (Wildman–Crippen LogP) is 4.12. The molecule has 1 saturated heterocycles. The van der Waals surface area contributed by atoms with Gasteiger partial charge in [-0.05, 0) is 42.5 Å². The summed E-state index contributed by atoms with van der Waals surface area (Å²) in [6, 6.07) is 7.89. The summed E-state index contributed by atoms with van der Waals surface area (Å²) in [5, 5.41) is 2.05. The van der Waals surface area contributed by atoms with E-state index in [-0.39, 0.29) is 5.91 Å². The van der Waals surface area contributed by atoms with E-state index in [2.05, 4.69) is 23.6 Å². The number of piperidine rings is 1. The second-order valence-electron chi connectivity index (χ2n) is 7.66. The van der Waals surface area contributed by atoms with Crippen molar-refractivity contribution >= 4 is 22.2 Å². The van der Waals surface area contributed by atoms with Crippen LogP contribution in [0.3, 0.4) is 0 Å². The lowest BCUT2D eigenvalue weighted by molar-refractivity contribution is -0.133. The Morgan fingerprint density at radius 2 is 1.93 bits per heavy atom. The van der Waals surface area contributed by atoms with Crippen LogP contribution >= 0.6 is 11.3 Å². The minimum Gasteiger partial charge on any atom is -0.497 e. The first kappa shape index (κ1) is 18.0. The van der Waals surface area contributed by atoms with Gasteiger partial charge in [0, 0.05) is 35.9 Å². The van der Waals surface area contributed by atoms with Gasteiger partial charge >= 0.3 is 0 Å². The van der Waals surface area contributed by atoms with Crippen LogP contribution in [0.1, 0.15) is 26.0 Å². The molecule has 142 valence electrons. The van der Waals surface area contributed by atoms with Gasteiger partial charge < -0.3 is 9.64 Å². The maximum absolute atomic E-state index is 12.8. The number of nitrogens with zero attached hydrogens (tertiary/aromatic N) is 3. The molecule has 27 heavy (non-hydrogen) atoms. The third kappa shape index (κ3) is 3.72. The Morgan fingerprint density at radius 1 is 1.22 bits per heavy atom. The summed E-state index contributed by atoms with van der Waals surface area (Å²) in [5.41, 5.74) is 2.97. The summed E-state index contributed by atoms with van der Waals surface area (Å²) < 4.78 is 7.27. The van der Waals surface area contributed by atoms with Crippen molar-refractivity contribution in [3.8, 4) is 17.0 Å². The second-order valence-corrected chi connectivity index (χ2v) is 8.49. The van der Waals surface area contributed by atoms with Gasteiger partial charge in [-0.1, -0.05) is 13.8 Å². The van der Waals surface area contributed by atoms with Crippen LogP contribution in [0.25, 0.3) is 16.2 Å². The molecule has 6 heteroatoms. The molecule has 1 aromatic carbocycles. The van der Waals surface area contributed by atoms with Gasteiger partial charge in [0.2, 0.25) is 5.91 Å². The fourth-order valence-electron chi connectivity index (χ4n) is 3.99. The molecular weight excluding hydrogens is 358 g/mol. The highest BCUT2D eigenvalue weighted by molar-refractivity contribution is 7.15. The lowest BCUT2D eigenvalue weighted by Crippen LogP contribution is -2.43. The quantitative estimate of drug-likeness (QED) is 0.681. The first-order valence-electron chi connectivity index (χ1n) is 9.41. The molecule has 5 nitrogen and oxygen atoms in total. The maximum atomic E-state index is 12.8. The fourth-order valence-corrected chi connectivity index (χ4v) is 4.86. The molecule has 0 radical (unpaired) electrons. The Labute approximate surface area is 163 Å². The molecule has 2 unspecified atom stereocenters. The molecule has 3 aromatic rings. The zero-order chi connectivity index (χ0) is 19.0. The first-order chi connectivity index (χ1) is 13.0. The van der Waals surface area contributed by atoms with Gasteiger partial charge in [-0.25, -0.2) is 4.98 Å². The van der Waals surface area contributed by atoms with Gasteiger partial charge in [-0.2, -0.15) is 0 Å². The van der Waals surface area contributed by atoms with Gasteiger partial charge in [0.25, 0.3) is 0 Å². The summed E-state index contributed by atoms with van der Waals surface area (Å²) in [7, 11) is 1.66. The molecule has 4 rings (SSSR count). The number of amides is 1. The van der Waals surface area contributed by atoms with E-state index in [0.29, 0.717) is 18.3 Å². The number of methoxy groups -OCH3 is 1. The van der Waals surface area contributed by atoms with Crippen LogP contribution in [0.4, 0.5) is 0 Å². The van der Waals surface area contributed by atoms with E-state index in [1.165, 1.54) is 6.42 Å². The van der Waals surface area contributed by atoms with Crippen LogP contribution in [0.5, 0.6) is 5.75 Å². The van der Waals surface area contributed by atoms with E-state index < -0.39 is 0 Å². The molecule has 0 bridgehead atoms. The van der Waals surface area contributed by atoms with E-state index in [9.17, 15) is 4.79 Å². The summed E-state index contributed by atoms with van der Waals surface area (Å²) >= 11 is 1.58. The number of benzene rings is 1. The Hall–Kier alpha value is -2.34. The first-order valence-corrected chi connectivity index (χ1v) is 10.3. The van der Waals surface area contributed by atoms with Crippen LogP contribution in [0.2, 0.25) is 0 Å². The molecule has 2 atom stereocenters. The van der Waals surface area contributed by atoms with Crippen molar-refractivity contribution in [2.24, 2.45) is 11.8 Å². The Morgan fingerprint density at radius 3 is 2.59 bits per heavy atom. The normalized spacial score (nSPS) is 20.2. The van der Waals surface area contributed by atoms with Gasteiger partial charge in [-0.3, -0.25) is 9.20 Å². The lowest BCUT2D eigenvalue weighted by atomic mass is 9.91. The Kier molecular flexibility index (Phi) is 4.91. The molecule has 0 spiro atoms. The number of imidazole rings is 1. The molecule has 0 aliphatic carbocycles. The van der Waals surface area contributed by atoms with Gasteiger partial charge in [0.1, 0.15) is 5.75 Å². The number of carbonyl (C=O) groups excluding carboxylic acids is 1. The van der Waals surface area contributed by atoms with Gasteiger partial charge in [0.05, 0.1) is 19.2 Å². The summed E-state index contributed by atoms with van der Waals surface area (Å²) in [5.74, 6) is 2.20. The summed E-state index contributed by atoms with van der Waals surface area (Å²) in [4.78, 5) is 20.5. The zero-order valence-electron chi connectivity index (χ0n) is 16.0. The van der Waals surface area contributed by atoms with E-state index in [4.69, 9.17) is 9.72 Å². The number of thiazole rings is 1. The monoisotopic (exact) mass is 383 g/mol. The summed E-state index contributed by atoms with van der Waals surface area (Å²) in [6.07, 6.45) is 3.66. The predicted molar refractivity (Wildman–Crippen MR) is 108 cm³/mol. The average molecular weight is 384 g/mol. The topological polar surface area (TPSA) is 46.8 Å². The molecule has 1 aliphatic rings. The molecule has 0 N–H and O–H groups in total. The highest BCUT2D eigenvalue weighted by atomic mass is 32.1. The Bertz CT molecular complexity index is 934. The zero-order valence-corrected chi connectivity index (χ0v) is 16.8. The minimum absolute atomic E-state index is 0.216. The molecular formula is C21H25N3O2S. The number of fused-ring (bicyclic) bond motifs is 1. The highest BCUT2D eigenvalue weighted by Gasteiger charge is 2.26. The van der Waals surface area contributed by atoms with Crippen molar-refractivity contribution in [2.75, 3.05) is 20.2 Å². The lowest BCUT2D eigenvalue weighted by Gasteiger charge is -2.35. The van der Waals surface area contributed by atoms with Crippen molar-refractivity contribution in [1.29, 1.82) is 0 Å². The fraction of sp³-hybridized carbons (Fsp3) is 0.429. The molecule has 2 aromatic heterocycles. The SMILES string of the molecule is COc1ccc(-c2cn3c(CC(=O)N4CC(C)CC(C)C4)csc3n2)cc1. The summed E-state index contributed by atoms with van der Waals surface area (Å²) in [6.45, 7) is 6.21. The van der Waals surface area contributed by atoms with Crippen molar-refractivity contribution in [3.05, 3.63) is 41.5 Å². The number of ether oxygens (including phenoxy) is 1. The van der Waals surface area contributed by atoms with Crippen molar-refractivity contribution < 1.29 is 9.53 Å². The maximum Gasteiger partial charge on any atom is 0.228 e. The molecule has 0 saturated carbocycles. The van der Waals surface area contributed by atoms with E-state index in [1.807, 2.05) is 35.4 Å². The number of likely N-dealkylation sites (tertiary alicyclic amines) is 1. The number of hydrogen-bond donors (Lipinski definition) is 0. The van der Waals surface area contributed by atoms with Gasteiger partial charge in [0.15, 0.2) is 4.96 Å². The standard InChI is InChI=1S/C21H25N3O2S/c1-14-8-15(2)11-23(10-14)20(25)9-17-13-27-21-22-19(12-24(17)21)16-4-6-18(26-3)7-5-16/h4-7,12-15H,8-11H2,1-3H3. The number of hydrogen-bond acceptors (Lipinski definition) is 4. The van der Waals surface area contributed by atoms with Crippen LogP contribution in [0, 0.1) is 11.8 Å². The third-order valence-electron chi connectivity index (χ3n) is 5.22. The number of carbonyl (C=O) groups is 1. The average Bonchev–Trinajstić information content (AvgIpc) is 3.23. The van der Waals surface area contributed by atoms with Crippen LogP contribution < -0.4 is 4.74 Å².